The number of carbonyl (C=O) groups is 1. The van der Waals surface area contributed by atoms with Gasteiger partial charge in [-0.25, -0.2) is 0 Å². The van der Waals surface area contributed by atoms with Crippen LogP contribution in [-0.2, 0) is 6.42 Å². The predicted molar refractivity (Wildman–Crippen MR) is 111 cm³/mol. The molecule has 2 atom stereocenters. The van der Waals surface area contributed by atoms with Crippen molar-refractivity contribution < 1.29 is 14.6 Å². The highest BCUT2D eigenvalue weighted by Gasteiger charge is 2.29. The molecule has 1 N–H and O–H groups in total. The SMILES string of the molecule is C[C@@H]1Cc2ccc3ccccc3c2[C@H](NC(=O)c2cc([N+](=O)[O-])cc([N+](=O)[O-])c2)C1. The second-order valence-electron chi connectivity index (χ2n) is 7.68. The van der Waals surface area contributed by atoms with Gasteiger partial charge in [-0.2, -0.15) is 0 Å². The molecule has 8 nitrogen and oxygen atoms in total. The molecule has 1 aliphatic rings. The molecule has 3 aromatic carbocycles. The van der Waals surface area contributed by atoms with Crippen molar-refractivity contribution in [3.05, 3.63) is 91.5 Å². The van der Waals surface area contributed by atoms with Crippen molar-refractivity contribution >= 4 is 28.1 Å². The van der Waals surface area contributed by atoms with Crippen molar-refractivity contribution in [3.8, 4) is 0 Å². The van der Waals surface area contributed by atoms with Crippen LogP contribution in [0.1, 0.15) is 40.9 Å². The Labute approximate surface area is 171 Å². The normalized spacial score (nSPS) is 17.9. The summed E-state index contributed by atoms with van der Waals surface area (Å²) >= 11 is 0. The Morgan fingerprint density at radius 3 is 2.33 bits per heavy atom. The van der Waals surface area contributed by atoms with Crippen LogP contribution in [0.4, 0.5) is 11.4 Å². The van der Waals surface area contributed by atoms with Crippen LogP contribution >= 0.6 is 0 Å². The molecule has 0 unspecified atom stereocenters. The molecule has 0 heterocycles. The molecule has 4 rings (SSSR count). The van der Waals surface area contributed by atoms with Crippen molar-refractivity contribution in [3.63, 3.8) is 0 Å². The number of hydrogen-bond donors (Lipinski definition) is 1. The van der Waals surface area contributed by atoms with Gasteiger partial charge in [0.2, 0.25) is 0 Å². The number of nitro benzene ring substituents is 2. The van der Waals surface area contributed by atoms with Gasteiger partial charge in [0.1, 0.15) is 0 Å². The van der Waals surface area contributed by atoms with E-state index in [0.717, 1.165) is 46.5 Å². The first kappa shape index (κ1) is 19.5. The zero-order chi connectivity index (χ0) is 21.4. The molecule has 0 radical (unpaired) electrons. The van der Waals surface area contributed by atoms with E-state index in [1.807, 2.05) is 24.3 Å². The zero-order valence-corrected chi connectivity index (χ0v) is 16.2. The summed E-state index contributed by atoms with van der Waals surface area (Å²) in [5.74, 6) is -0.233. The maximum atomic E-state index is 13.0. The van der Waals surface area contributed by atoms with Crippen LogP contribution < -0.4 is 5.32 Å². The molecular weight excluding hydrogens is 386 g/mol. The predicted octanol–water partition coefficient (Wildman–Crippen LogP) is 4.71. The Bertz CT molecular complexity index is 1160. The van der Waals surface area contributed by atoms with Gasteiger partial charge in [-0.05, 0) is 40.7 Å². The topological polar surface area (TPSA) is 115 Å². The molecule has 0 saturated carbocycles. The summed E-state index contributed by atoms with van der Waals surface area (Å²) in [4.78, 5) is 33.8. The van der Waals surface area contributed by atoms with Crippen LogP contribution in [0.15, 0.2) is 54.6 Å². The van der Waals surface area contributed by atoms with E-state index in [1.54, 1.807) is 0 Å². The largest absolute Gasteiger partial charge is 0.345 e. The molecule has 8 heteroatoms. The van der Waals surface area contributed by atoms with E-state index < -0.39 is 27.1 Å². The minimum Gasteiger partial charge on any atom is -0.345 e. The third-order valence-electron chi connectivity index (χ3n) is 5.51. The summed E-state index contributed by atoms with van der Waals surface area (Å²) in [6.07, 6.45) is 1.61. The van der Waals surface area contributed by atoms with Gasteiger partial charge in [0, 0.05) is 12.1 Å². The van der Waals surface area contributed by atoms with Crippen molar-refractivity contribution in [1.82, 2.24) is 5.32 Å². The lowest BCUT2D eigenvalue weighted by atomic mass is 9.79. The van der Waals surface area contributed by atoms with Crippen LogP contribution in [0.5, 0.6) is 0 Å². The van der Waals surface area contributed by atoms with Gasteiger partial charge in [0.05, 0.1) is 27.5 Å². The van der Waals surface area contributed by atoms with Gasteiger partial charge >= 0.3 is 0 Å². The van der Waals surface area contributed by atoms with Gasteiger partial charge in [0.25, 0.3) is 17.3 Å². The number of non-ortho nitro benzene ring substituents is 2. The van der Waals surface area contributed by atoms with Gasteiger partial charge in [-0.3, -0.25) is 25.0 Å². The van der Waals surface area contributed by atoms with Crippen LogP contribution in [-0.4, -0.2) is 15.8 Å². The van der Waals surface area contributed by atoms with E-state index in [0.29, 0.717) is 12.3 Å². The van der Waals surface area contributed by atoms with Crippen LogP contribution in [0.2, 0.25) is 0 Å². The maximum Gasteiger partial charge on any atom is 0.277 e. The molecule has 0 aliphatic heterocycles. The lowest BCUT2D eigenvalue weighted by molar-refractivity contribution is -0.394. The first-order chi connectivity index (χ1) is 14.3. The van der Waals surface area contributed by atoms with E-state index in [9.17, 15) is 25.0 Å². The lowest BCUT2D eigenvalue weighted by Crippen LogP contribution is -2.33. The molecule has 30 heavy (non-hydrogen) atoms. The molecule has 1 amide bonds. The molecule has 152 valence electrons. The standard InChI is InChI=1S/C22H19N3O5/c1-13-8-15-7-6-14-4-2-3-5-19(14)21(15)20(9-13)23-22(26)16-10-17(24(27)28)12-18(11-16)25(29)30/h2-7,10-13,20H,8-9H2,1H3,(H,23,26)/t13-,20-/m1/s1. The van der Waals surface area contributed by atoms with E-state index >= 15 is 0 Å². The number of carbonyl (C=O) groups excluding carboxylic acids is 1. The molecule has 3 aromatic rings. The second-order valence-corrected chi connectivity index (χ2v) is 7.68. The zero-order valence-electron chi connectivity index (χ0n) is 16.2. The third kappa shape index (κ3) is 3.59. The Balaban J connectivity index is 1.74. The van der Waals surface area contributed by atoms with Gasteiger partial charge in [-0.1, -0.05) is 43.3 Å². The number of amides is 1. The number of nitro groups is 2. The molecule has 0 aromatic heterocycles. The fourth-order valence-corrected chi connectivity index (χ4v) is 4.22. The van der Waals surface area contributed by atoms with Gasteiger partial charge in [-0.15, -0.1) is 0 Å². The average molecular weight is 405 g/mol. The number of rotatable bonds is 4. The van der Waals surface area contributed by atoms with Crippen LogP contribution in [0.3, 0.4) is 0 Å². The first-order valence-corrected chi connectivity index (χ1v) is 9.58. The lowest BCUT2D eigenvalue weighted by Gasteiger charge is -2.31. The fourth-order valence-electron chi connectivity index (χ4n) is 4.22. The number of hydrogen-bond acceptors (Lipinski definition) is 5. The van der Waals surface area contributed by atoms with E-state index in [2.05, 4.69) is 24.4 Å². The summed E-state index contributed by atoms with van der Waals surface area (Å²) in [5, 5.41) is 27.4. The number of benzene rings is 3. The highest BCUT2D eigenvalue weighted by molar-refractivity contribution is 5.96. The van der Waals surface area contributed by atoms with Crippen molar-refractivity contribution in [2.24, 2.45) is 5.92 Å². The Morgan fingerprint density at radius 1 is 1.00 bits per heavy atom. The third-order valence-corrected chi connectivity index (χ3v) is 5.51. The van der Waals surface area contributed by atoms with Crippen molar-refractivity contribution in [2.75, 3.05) is 0 Å². The van der Waals surface area contributed by atoms with E-state index in [-0.39, 0.29) is 11.6 Å². The van der Waals surface area contributed by atoms with Crippen molar-refractivity contribution in [2.45, 2.75) is 25.8 Å². The first-order valence-electron chi connectivity index (χ1n) is 9.58. The van der Waals surface area contributed by atoms with Gasteiger partial charge < -0.3 is 5.32 Å². The molecule has 0 bridgehead atoms. The number of fused-ring (bicyclic) bond motifs is 3. The summed E-state index contributed by atoms with van der Waals surface area (Å²) in [6, 6.07) is 14.8. The van der Waals surface area contributed by atoms with Crippen LogP contribution in [0, 0.1) is 26.1 Å². The minimum atomic E-state index is -0.741. The smallest absolute Gasteiger partial charge is 0.277 e. The molecular formula is C22H19N3O5. The Kier molecular flexibility index (Phi) is 4.91. The summed E-state index contributed by atoms with van der Waals surface area (Å²) < 4.78 is 0. The summed E-state index contributed by atoms with van der Waals surface area (Å²) in [5.41, 5.74) is 1.12. The second kappa shape index (κ2) is 7.55. The minimum absolute atomic E-state index is 0.101. The molecule has 0 saturated heterocycles. The highest BCUT2D eigenvalue weighted by Crippen LogP contribution is 2.38. The highest BCUT2D eigenvalue weighted by atomic mass is 16.6. The Morgan fingerprint density at radius 2 is 1.67 bits per heavy atom. The van der Waals surface area contributed by atoms with Gasteiger partial charge in [0.15, 0.2) is 0 Å². The van der Waals surface area contributed by atoms with Crippen LogP contribution in [0.25, 0.3) is 10.8 Å². The summed E-state index contributed by atoms with van der Waals surface area (Å²) in [6.45, 7) is 2.11. The quantitative estimate of drug-likeness (QED) is 0.498. The Hall–Kier alpha value is -3.81. The fraction of sp³-hybridized carbons (Fsp3) is 0.227. The average Bonchev–Trinajstić information content (AvgIpc) is 2.72. The molecule has 1 aliphatic carbocycles. The monoisotopic (exact) mass is 405 g/mol. The van der Waals surface area contributed by atoms with Crippen molar-refractivity contribution in [1.29, 1.82) is 0 Å². The van der Waals surface area contributed by atoms with E-state index in [4.69, 9.17) is 0 Å². The molecule has 0 spiro atoms. The summed E-state index contributed by atoms with van der Waals surface area (Å²) in [7, 11) is 0. The van der Waals surface area contributed by atoms with E-state index in [1.165, 1.54) is 0 Å². The molecule has 0 fully saturated rings. The number of nitrogens with one attached hydrogen (secondary N) is 1. The number of nitrogens with zero attached hydrogens (tertiary/aromatic N) is 2. The maximum absolute atomic E-state index is 13.0.